The summed E-state index contributed by atoms with van der Waals surface area (Å²) in [4.78, 5) is 42.1. The molecule has 8 nitrogen and oxygen atoms in total. The number of halogens is 2. The van der Waals surface area contributed by atoms with Crippen molar-refractivity contribution in [1.29, 1.82) is 0 Å². The second-order valence-corrected chi connectivity index (χ2v) is 9.63. The van der Waals surface area contributed by atoms with Crippen molar-refractivity contribution in [2.45, 2.75) is 27.7 Å². The van der Waals surface area contributed by atoms with Gasteiger partial charge in [-0.2, -0.15) is 0 Å². The molecule has 34 heavy (non-hydrogen) atoms. The van der Waals surface area contributed by atoms with Crippen molar-refractivity contribution in [3.05, 3.63) is 12.1 Å². The van der Waals surface area contributed by atoms with Crippen LogP contribution in [0.1, 0.15) is 27.7 Å². The van der Waals surface area contributed by atoms with Gasteiger partial charge in [-0.3, -0.25) is 29.2 Å². The number of carbonyl (C=O) groups is 2. The van der Waals surface area contributed by atoms with Gasteiger partial charge in [0.05, 0.1) is 33.5 Å². The van der Waals surface area contributed by atoms with Gasteiger partial charge in [-0.05, 0) is 38.3 Å². The van der Waals surface area contributed by atoms with E-state index in [2.05, 4.69) is 53.5 Å². The van der Waals surface area contributed by atoms with Crippen molar-refractivity contribution >= 4 is 90.0 Å². The van der Waals surface area contributed by atoms with Gasteiger partial charge in [-0.15, -0.1) is 24.8 Å². The summed E-state index contributed by atoms with van der Waals surface area (Å²) in [5.74, 6) is 0.0617. The Morgan fingerprint density at radius 1 is 0.706 bits per heavy atom. The Labute approximate surface area is 221 Å². The van der Waals surface area contributed by atoms with E-state index in [0.29, 0.717) is 23.4 Å². The average molecular weight is 550 g/mol. The highest BCUT2D eigenvalue weighted by Gasteiger charge is 2.20. The lowest BCUT2D eigenvalue weighted by Gasteiger charge is -2.21. The van der Waals surface area contributed by atoms with Crippen molar-refractivity contribution in [2.75, 3.05) is 63.2 Å². The van der Waals surface area contributed by atoms with Gasteiger partial charge in [0.15, 0.2) is 10.3 Å². The Balaban J connectivity index is 0.00000289. The zero-order chi connectivity index (χ0) is 23.4. The molecule has 0 saturated heterocycles. The predicted octanol–water partition coefficient (Wildman–Crippen LogP) is 4.36. The van der Waals surface area contributed by atoms with Crippen LogP contribution in [0.3, 0.4) is 0 Å². The van der Waals surface area contributed by atoms with Crippen LogP contribution in [0.5, 0.6) is 0 Å². The molecule has 12 heteroatoms. The summed E-state index contributed by atoms with van der Waals surface area (Å²) in [5.41, 5.74) is 1.63. The third-order valence-electron chi connectivity index (χ3n) is 5.70. The summed E-state index contributed by atoms with van der Waals surface area (Å²) in [7, 11) is 3.55. The lowest BCUT2D eigenvalue weighted by Crippen LogP contribution is -2.38. The molecule has 0 atom stereocenters. The van der Waals surface area contributed by atoms with Crippen LogP contribution in [0.25, 0.3) is 20.4 Å². The van der Waals surface area contributed by atoms with Crippen LogP contribution in [-0.2, 0) is 9.59 Å². The molecule has 1 aromatic carbocycles. The fourth-order valence-electron chi connectivity index (χ4n) is 3.31. The van der Waals surface area contributed by atoms with Crippen LogP contribution in [-0.4, -0.2) is 84.9 Å². The zero-order valence-corrected chi connectivity index (χ0v) is 23.8. The normalized spacial score (nSPS) is 11.1. The Kier molecular flexibility index (Phi) is 12.1. The second kappa shape index (κ2) is 13.5. The van der Waals surface area contributed by atoms with Gasteiger partial charge in [-0.1, -0.05) is 50.4 Å². The first kappa shape index (κ1) is 30.5. The van der Waals surface area contributed by atoms with Crippen molar-refractivity contribution in [3.8, 4) is 0 Å². The molecule has 0 N–H and O–H groups in total. The fourth-order valence-corrected chi connectivity index (χ4v) is 5.32. The van der Waals surface area contributed by atoms with Crippen LogP contribution >= 0.6 is 47.5 Å². The van der Waals surface area contributed by atoms with Gasteiger partial charge in [0, 0.05) is 14.1 Å². The average Bonchev–Trinajstić information content (AvgIpc) is 3.40. The first-order valence-electron chi connectivity index (χ1n) is 11.0. The number of nitrogens with zero attached hydrogens (tertiary/aromatic N) is 6. The van der Waals surface area contributed by atoms with Crippen molar-refractivity contribution in [2.24, 2.45) is 0 Å². The fraction of sp³-hybridized carbons (Fsp3) is 0.545. The molecule has 3 rings (SSSR count). The predicted molar refractivity (Wildman–Crippen MR) is 150 cm³/mol. The van der Waals surface area contributed by atoms with E-state index in [9.17, 15) is 9.59 Å². The van der Waals surface area contributed by atoms with Crippen molar-refractivity contribution in [1.82, 2.24) is 19.8 Å². The summed E-state index contributed by atoms with van der Waals surface area (Å²) >= 11 is 2.99. The number of amides is 2. The Morgan fingerprint density at radius 3 is 1.38 bits per heavy atom. The molecular formula is C22H34Cl2N6O2S2. The molecule has 2 amide bonds. The number of aromatic nitrogens is 2. The molecular weight excluding hydrogens is 515 g/mol. The lowest BCUT2D eigenvalue weighted by molar-refractivity contribution is -0.120. The van der Waals surface area contributed by atoms with Crippen LogP contribution in [0.4, 0.5) is 10.3 Å². The van der Waals surface area contributed by atoms with E-state index < -0.39 is 0 Å². The van der Waals surface area contributed by atoms with E-state index >= 15 is 0 Å². The largest absolute Gasteiger partial charge is 0.295 e. The summed E-state index contributed by atoms with van der Waals surface area (Å²) in [6.45, 7) is 12.3. The molecule has 3 aromatic rings. The first-order chi connectivity index (χ1) is 15.3. The van der Waals surface area contributed by atoms with Crippen LogP contribution < -0.4 is 9.80 Å². The molecule has 0 aliphatic rings. The molecule has 0 saturated carbocycles. The Bertz CT molecular complexity index is 965. The maximum absolute atomic E-state index is 12.6. The standard InChI is InChI=1S/C22H32N6O2S2.2ClH/c1-7-27(8-2)13-19(29)25(5)21-23-15-11-16-18(12-17(15)31-21)32-22(24-16)26(6)20(30)14-28(9-3)10-4;;/h11-12H,7-10,13-14H2,1-6H3;2*1H. The number of hydrogen-bond acceptors (Lipinski definition) is 8. The Hall–Kier alpha value is -1.56. The number of rotatable bonds is 10. The first-order valence-corrected chi connectivity index (χ1v) is 12.6. The van der Waals surface area contributed by atoms with Gasteiger partial charge in [0.2, 0.25) is 11.8 Å². The van der Waals surface area contributed by atoms with E-state index in [1.807, 2.05) is 6.07 Å². The smallest absolute Gasteiger partial charge is 0.242 e. The van der Waals surface area contributed by atoms with Crippen LogP contribution in [0.15, 0.2) is 12.1 Å². The minimum Gasteiger partial charge on any atom is -0.295 e. The van der Waals surface area contributed by atoms with E-state index in [0.717, 1.165) is 46.6 Å². The van der Waals surface area contributed by atoms with E-state index in [4.69, 9.17) is 0 Å². The number of likely N-dealkylation sites (N-methyl/N-ethyl adjacent to an activating group) is 4. The van der Waals surface area contributed by atoms with E-state index in [1.165, 1.54) is 22.7 Å². The summed E-state index contributed by atoms with van der Waals surface area (Å²) in [6.07, 6.45) is 0. The molecule has 190 valence electrons. The minimum absolute atomic E-state index is 0. The highest BCUT2D eigenvalue weighted by Crippen LogP contribution is 2.35. The molecule has 0 fully saturated rings. The molecule has 0 bridgehead atoms. The van der Waals surface area contributed by atoms with Gasteiger partial charge in [0.25, 0.3) is 0 Å². The Morgan fingerprint density at radius 2 is 1.06 bits per heavy atom. The second-order valence-electron chi connectivity index (χ2n) is 7.61. The van der Waals surface area contributed by atoms with Gasteiger partial charge >= 0.3 is 0 Å². The zero-order valence-electron chi connectivity index (χ0n) is 20.5. The molecule has 2 aromatic heterocycles. The summed E-state index contributed by atoms with van der Waals surface area (Å²) < 4.78 is 2.00. The maximum Gasteiger partial charge on any atom is 0.242 e. The quantitative estimate of drug-likeness (QED) is 0.374. The van der Waals surface area contributed by atoms with Crippen LogP contribution in [0.2, 0.25) is 0 Å². The molecule has 0 aliphatic carbocycles. The van der Waals surface area contributed by atoms with Gasteiger partial charge < -0.3 is 0 Å². The van der Waals surface area contributed by atoms with Gasteiger partial charge in [0.1, 0.15) is 0 Å². The molecule has 0 unspecified atom stereocenters. The highest BCUT2D eigenvalue weighted by molar-refractivity contribution is 7.24. The third-order valence-corrected chi connectivity index (χ3v) is 7.89. The maximum atomic E-state index is 12.6. The summed E-state index contributed by atoms with van der Waals surface area (Å²) in [6, 6.07) is 3.99. The number of hydrogen-bond donors (Lipinski definition) is 0. The van der Waals surface area contributed by atoms with Crippen LogP contribution in [0, 0.1) is 0 Å². The number of thiazole rings is 2. The minimum atomic E-state index is 0. The highest BCUT2D eigenvalue weighted by atomic mass is 35.5. The topological polar surface area (TPSA) is 72.9 Å². The number of benzene rings is 1. The SMILES string of the molecule is CCN(CC)CC(=O)N(C)c1nc2cc3nc(N(C)C(=O)CN(CC)CC)sc3cc2s1.Cl.Cl. The lowest BCUT2D eigenvalue weighted by atomic mass is 10.3. The molecule has 0 spiro atoms. The van der Waals surface area contributed by atoms with Crippen molar-refractivity contribution in [3.63, 3.8) is 0 Å². The molecule has 0 radical (unpaired) electrons. The summed E-state index contributed by atoms with van der Waals surface area (Å²) in [5, 5.41) is 1.36. The molecule has 2 heterocycles. The number of carbonyl (C=O) groups excluding carboxylic acids is 2. The van der Waals surface area contributed by atoms with E-state index in [1.54, 1.807) is 23.9 Å². The molecule has 0 aliphatic heterocycles. The van der Waals surface area contributed by atoms with E-state index in [-0.39, 0.29) is 36.6 Å². The monoisotopic (exact) mass is 548 g/mol. The van der Waals surface area contributed by atoms with Crippen molar-refractivity contribution < 1.29 is 9.59 Å². The number of fused-ring (bicyclic) bond motifs is 2. The third kappa shape index (κ3) is 6.77. The van der Waals surface area contributed by atoms with Gasteiger partial charge in [-0.25, -0.2) is 9.97 Å². The number of anilines is 2.